The highest BCUT2D eigenvalue weighted by Gasteiger charge is 2.73. The van der Waals surface area contributed by atoms with Crippen LogP contribution in [-0.2, 0) is 20.7 Å². The number of hydrogen-bond donors (Lipinski definition) is 3. The number of carbonyl (C=O) groups is 4. The minimum Gasteiger partial charge on any atom is -0.444 e. The smallest absolute Gasteiger partial charge is 0.407 e. The van der Waals surface area contributed by atoms with Crippen molar-refractivity contribution in [2.75, 3.05) is 26.2 Å². The molecule has 8 atom stereocenters. The predicted molar refractivity (Wildman–Crippen MR) is 185 cm³/mol. The number of carbonyl (C=O) groups excluding carboxylic acids is 4. The van der Waals surface area contributed by atoms with Crippen LogP contribution < -0.4 is 5.32 Å². The Morgan fingerprint density at radius 2 is 1.86 bits per heavy atom. The van der Waals surface area contributed by atoms with Crippen LogP contribution in [0.25, 0.3) is 0 Å². The fourth-order valence-electron chi connectivity index (χ4n) is 10.7. The van der Waals surface area contributed by atoms with Crippen molar-refractivity contribution in [2.24, 2.45) is 39.9 Å². The molecule has 1 aliphatic heterocycles. The largest absolute Gasteiger partial charge is 0.444 e. The van der Waals surface area contributed by atoms with E-state index in [0.717, 1.165) is 36.0 Å². The molecule has 0 spiro atoms. The van der Waals surface area contributed by atoms with Gasteiger partial charge in [0.1, 0.15) is 12.2 Å². The lowest BCUT2D eigenvalue weighted by Gasteiger charge is -2.60. The highest BCUT2D eigenvalue weighted by molar-refractivity contribution is 6.01. The maximum atomic E-state index is 13.9. The summed E-state index contributed by atoms with van der Waals surface area (Å²) in [6.07, 6.45) is 8.25. The third-order valence-corrected chi connectivity index (χ3v) is 12.8. The molecule has 0 bridgehead atoms. The number of aliphatic hydroxyl groups is 2. The van der Waals surface area contributed by atoms with Gasteiger partial charge in [-0.05, 0) is 112 Å². The van der Waals surface area contributed by atoms with Crippen LogP contribution in [0.5, 0.6) is 0 Å². The van der Waals surface area contributed by atoms with Gasteiger partial charge in [0.2, 0.25) is 0 Å². The number of likely N-dealkylation sites (tertiary alicyclic amines) is 1. The number of nitrogens with one attached hydrogen (secondary N) is 1. The number of aliphatic hydroxyl groups excluding tert-OH is 2. The van der Waals surface area contributed by atoms with Gasteiger partial charge in [0, 0.05) is 36.5 Å². The van der Waals surface area contributed by atoms with Gasteiger partial charge in [-0.15, -0.1) is 0 Å². The lowest BCUT2D eigenvalue weighted by atomic mass is 9.44. The highest BCUT2D eigenvalue weighted by Crippen LogP contribution is 2.72. The molecule has 3 N–H and O–H groups in total. The molecule has 7 unspecified atom stereocenters. The number of nitrogens with zero attached hydrogens (tertiary/aromatic N) is 1. The van der Waals surface area contributed by atoms with Crippen LogP contribution in [0.15, 0.2) is 60.2 Å². The summed E-state index contributed by atoms with van der Waals surface area (Å²) in [4.78, 5) is 53.8. The number of hydrogen-bond acceptors (Lipinski definition) is 7. The van der Waals surface area contributed by atoms with Crippen LogP contribution in [0.2, 0.25) is 0 Å². The Morgan fingerprint density at radius 3 is 2.53 bits per heavy atom. The van der Waals surface area contributed by atoms with E-state index < -0.39 is 40.7 Å². The van der Waals surface area contributed by atoms with E-state index in [0.29, 0.717) is 37.9 Å². The zero-order valence-corrected chi connectivity index (χ0v) is 29.6. The van der Waals surface area contributed by atoms with E-state index in [4.69, 9.17) is 4.74 Å². The molecule has 9 heteroatoms. The van der Waals surface area contributed by atoms with E-state index in [-0.39, 0.29) is 47.7 Å². The number of alkyl carbamates (subject to hydrolysis) is 1. The van der Waals surface area contributed by atoms with Gasteiger partial charge in [-0.25, -0.2) is 4.79 Å². The first kappa shape index (κ1) is 35.3. The summed E-state index contributed by atoms with van der Waals surface area (Å²) >= 11 is 0. The molecule has 0 aromatic heterocycles. The number of allylic oxidation sites excluding steroid dienone is 4. The number of rotatable bonds is 8. The molecule has 3 saturated carbocycles. The number of fused-ring (bicyclic) bond motifs is 7. The van der Waals surface area contributed by atoms with Crippen molar-refractivity contribution in [2.45, 2.75) is 84.8 Å². The quantitative estimate of drug-likeness (QED) is 0.323. The first-order valence-corrected chi connectivity index (χ1v) is 17.8. The van der Waals surface area contributed by atoms with Crippen molar-refractivity contribution in [3.8, 4) is 0 Å². The molecule has 2 amide bonds. The van der Waals surface area contributed by atoms with Crippen LogP contribution in [0.4, 0.5) is 4.79 Å². The van der Waals surface area contributed by atoms with Crippen molar-refractivity contribution < 1.29 is 34.1 Å². The summed E-state index contributed by atoms with van der Waals surface area (Å²) in [5.74, 6) is -0.205. The second-order valence-corrected chi connectivity index (χ2v) is 16.7. The summed E-state index contributed by atoms with van der Waals surface area (Å²) in [6.45, 7) is 14.4. The topological polar surface area (TPSA) is 133 Å². The van der Waals surface area contributed by atoms with Crippen LogP contribution in [0.3, 0.4) is 0 Å². The molecule has 49 heavy (non-hydrogen) atoms. The van der Waals surface area contributed by atoms with Crippen LogP contribution >= 0.6 is 0 Å². The molecule has 264 valence electrons. The monoisotopic (exact) mass is 672 g/mol. The Bertz CT molecular complexity index is 1600. The fourth-order valence-corrected chi connectivity index (χ4v) is 10.7. The van der Waals surface area contributed by atoms with Crippen molar-refractivity contribution in [1.82, 2.24) is 10.2 Å². The number of amides is 2. The lowest BCUT2D eigenvalue weighted by molar-refractivity contribution is -0.158. The van der Waals surface area contributed by atoms with Crippen molar-refractivity contribution >= 4 is 23.6 Å². The summed E-state index contributed by atoms with van der Waals surface area (Å²) in [7, 11) is 0. The van der Waals surface area contributed by atoms with Gasteiger partial charge in [-0.3, -0.25) is 14.4 Å². The van der Waals surface area contributed by atoms with E-state index in [9.17, 15) is 29.4 Å². The summed E-state index contributed by atoms with van der Waals surface area (Å²) in [5.41, 5.74) is 1.09. The Hall–Kier alpha value is -3.56. The maximum Gasteiger partial charge on any atom is 0.407 e. The molecule has 6 rings (SSSR count). The molecular formula is C40H52N2O7. The molecule has 4 aliphatic carbocycles. The minimum atomic E-state index is -0.936. The van der Waals surface area contributed by atoms with E-state index in [1.54, 1.807) is 17.1 Å². The van der Waals surface area contributed by atoms with Gasteiger partial charge >= 0.3 is 6.09 Å². The van der Waals surface area contributed by atoms with Crippen molar-refractivity contribution in [1.29, 1.82) is 0 Å². The molecule has 1 aromatic rings. The molecule has 1 aromatic carbocycles. The third-order valence-electron chi connectivity index (χ3n) is 12.8. The maximum absolute atomic E-state index is 13.9. The predicted octanol–water partition coefficient (Wildman–Crippen LogP) is 5.21. The first-order chi connectivity index (χ1) is 23.0. The number of ketones is 2. The zero-order chi connectivity index (χ0) is 35.5. The third kappa shape index (κ3) is 6.01. The second-order valence-electron chi connectivity index (χ2n) is 16.7. The molecule has 1 heterocycles. The van der Waals surface area contributed by atoms with Crippen molar-refractivity contribution in [3.63, 3.8) is 0 Å². The van der Waals surface area contributed by atoms with Crippen LogP contribution in [0, 0.1) is 39.9 Å². The van der Waals surface area contributed by atoms with Gasteiger partial charge < -0.3 is 25.2 Å². The van der Waals surface area contributed by atoms with Gasteiger partial charge in [0.15, 0.2) is 11.6 Å². The lowest BCUT2D eigenvalue weighted by Crippen LogP contribution is -2.60. The molecular weight excluding hydrogens is 620 g/mol. The van der Waals surface area contributed by atoms with E-state index in [1.165, 1.54) is 0 Å². The van der Waals surface area contributed by atoms with Gasteiger partial charge in [-0.2, -0.15) is 0 Å². The fraction of sp³-hybridized carbons (Fsp3) is 0.600. The molecule has 5 aliphatic rings. The van der Waals surface area contributed by atoms with Crippen LogP contribution in [-0.4, -0.2) is 76.6 Å². The molecule has 4 fully saturated rings. The highest BCUT2D eigenvalue weighted by atomic mass is 16.6. The Morgan fingerprint density at radius 1 is 1.14 bits per heavy atom. The van der Waals surface area contributed by atoms with Crippen LogP contribution in [0.1, 0.15) is 82.6 Å². The van der Waals surface area contributed by atoms with Crippen molar-refractivity contribution in [3.05, 3.63) is 71.3 Å². The van der Waals surface area contributed by atoms with E-state index >= 15 is 0 Å². The minimum absolute atomic E-state index is 0.00139. The van der Waals surface area contributed by atoms with E-state index in [2.05, 4.69) is 25.7 Å². The molecule has 0 radical (unpaired) electrons. The first-order valence-electron chi connectivity index (χ1n) is 17.8. The average molecular weight is 673 g/mol. The molecule has 1 saturated heterocycles. The Labute approximate surface area is 289 Å². The Balaban J connectivity index is 1.14. The second kappa shape index (κ2) is 12.6. The van der Waals surface area contributed by atoms with Gasteiger partial charge in [-0.1, -0.05) is 49.8 Å². The Kier molecular flexibility index (Phi) is 9.10. The summed E-state index contributed by atoms with van der Waals surface area (Å²) < 4.78 is 5.28. The van der Waals surface area contributed by atoms with E-state index in [1.807, 2.05) is 51.1 Å². The zero-order valence-electron chi connectivity index (χ0n) is 29.6. The number of benzene rings is 1. The normalized spacial score (nSPS) is 34.7. The summed E-state index contributed by atoms with van der Waals surface area (Å²) in [6, 6.07) is 7.46. The van der Waals surface area contributed by atoms with Gasteiger partial charge in [0.25, 0.3) is 5.91 Å². The average Bonchev–Trinajstić information content (AvgIpc) is 3.53. The SMILES string of the molecule is C=C(CCNC(=O)OC(C)(C)C)Cc1ccc(C(=O)N2C[C@@H]3CC4C5CCC6=CC(=O)C=CC6(C)C5C(O)CC4(C)C3(C(=O)CO)C2)cc1. The molecule has 9 nitrogen and oxygen atoms in total. The summed E-state index contributed by atoms with van der Waals surface area (Å²) in [5, 5.41) is 25.0. The standard InChI is InChI=1S/C40H52N2O7/c1-24(14-16-41-36(48)49-37(2,3)4)17-25-7-9-26(10-8-25)35(47)42-21-28-19-31-30-12-11-27-18-29(44)13-15-38(27,5)34(30)32(45)20-39(31,6)40(28,23-42)33(46)22-43/h7-10,13,15,18,28,30-32,34,43,45H,1,11-12,14,16-17,19-23H2,2-6H3,(H,41,48)/t28-,30?,31?,32?,34?,38?,39?,40?/m0/s1. The number of Topliss-reactive ketones (excluding diaryl/α,β-unsaturated/α-hetero) is 1. The van der Waals surface area contributed by atoms with Gasteiger partial charge in [0.05, 0.1) is 11.5 Å². The number of ether oxygens (including phenoxy) is 1.